The van der Waals surface area contributed by atoms with E-state index in [1.165, 1.54) is 51.6 Å². The number of fused-ring (bicyclic) bond motifs is 4. The second-order valence-corrected chi connectivity index (χ2v) is 14.5. The van der Waals surface area contributed by atoms with Crippen LogP contribution in [-0.2, 0) is 35.7 Å². The third kappa shape index (κ3) is 7.61. The first-order valence-electron chi connectivity index (χ1n) is 14.7. The number of aliphatic hydroxyl groups excluding tert-OH is 1. The van der Waals surface area contributed by atoms with Gasteiger partial charge in [0, 0.05) is 48.3 Å². The monoisotopic (exact) mass is 796 g/mol. The molecule has 0 saturated carbocycles. The molecule has 0 aliphatic carbocycles. The van der Waals surface area contributed by atoms with E-state index in [4.69, 9.17) is 14.5 Å². The van der Waals surface area contributed by atoms with Gasteiger partial charge in [0.05, 0.1) is 16.0 Å². The number of rotatable bonds is 3. The van der Waals surface area contributed by atoms with Crippen LogP contribution in [0.15, 0.2) is 77.0 Å². The van der Waals surface area contributed by atoms with Crippen LogP contribution in [0, 0.1) is 13.0 Å². The first-order valence-corrected chi connectivity index (χ1v) is 15.6. The number of hydrogen-bond acceptors (Lipinski definition) is 6. The summed E-state index contributed by atoms with van der Waals surface area (Å²) in [6.07, 6.45) is 3.15. The zero-order valence-corrected chi connectivity index (χ0v) is 30.5. The molecule has 1 radical (unpaired) electrons. The number of aromatic nitrogens is 2. The van der Waals surface area contributed by atoms with Crippen LogP contribution in [0.25, 0.3) is 53.9 Å². The second kappa shape index (κ2) is 13.0. The van der Waals surface area contributed by atoms with E-state index in [-0.39, 0.29) is 42.5 Å². The number of hydrogen-bond donors (Lipinski definition) is 1. The number of pyridine rings is 2. The van der Waals surface area contributed by atoms with E-state index in [0.29, 0.717) is 5.71 Å². The van der Waals surface area contributed by atoms with Crippen LogP contribution < -0.4 is 0 Å². The van der Waals surface area contributed by atoms with Crippen molar-refractivity contribution in [3.05, 3.63) is 95.5 Å². The molecule has 0 fully saturated rings. The number of furan rings is 1. The van der Waals surface area contributed by atoms with Gasteiger partial charge >= 0.3 is 0 Å². The van der Waals surface area contributed by atoms with Gasteiger partial charge in [-0.2, -0.15) is 0 Å². The van der Waals surface area contributed by atoms with Crippen LogP contribution in [-0.4, -0.2) is 20.9 Å². The number of carbonyl (C=O) groups excluding carboxylic acids is 1. The number of thiophene rings is 1. The fourth-order valence-corrected chi connectivity index (χ4v) is 6.06. The molecule has 0 aliphatic heterocycles. The molecule has 1 N–H and O–H groups in total. The summed E-state index contributed by atoms with van der Waals surface area (Å²) in [4.78, 5) is 20.7. The van der Waals surface area contributed by atoms with Crippen molar-refractivity contribution in [2.75, 3.05) is 0 Å². The Bertz CT molecular complexity index is 2020. The van der Waals surface area contributed by atoms with Crippen molar-refractivity contribution >= 4 is 49.3 Å². The number of ketones is 1. The van der Waals surface area contributed by atoms with Gasteiger partial charge in [0.15, 0.2) is 5.78 Å². The maximum atomic E-state index is 10.0. The average molecular weight is 796 g/mol. The summed E-state index contributed by atoms with van der Waals surface area (Å²) in [5.41, 5.74) is 8.26. The van der Waals surface area contributed by atoms with Crippen molar-refractivity contribution in [3.63, 3.8) is 0 Å². The molecule has 0 aliphatic rings. The third-order valence-corrected chi connectivity index (χ3v) is 8.59. The molecular weight excluding hydrogens is 757 g/mol. The maximum absolute atomic E-state index is 10.0. The fourth-order valence-electron chi connectivity index (χ4n) is 5.06. The Kier molecular flexibility index (Phi) is 9.89. The van der Waals surface area contributed by atoms with Crippen molar-refractivity contribution in [1.82, 2.24) is 9.97 Å². The number of aliphatic hydroxyl groups is 1. The molecular formula is C38H39IrN2O3S-. The summed E-state index contributed by atoms with van der Waals surface area (Å²) >= 11 is 1.80. The number of benzene rings is 2. The molecule has 6 rings (SSSR count). The molecule has 0 spiro atoms. The van der Waals surface area contributed by atoms with Crippen LogP contribution in [0.1, 0.15) is 72.2 Å². The van der Waals surface area contributed by atoms with Crippen LogP contribution >= 0.6 is 11.3 Å². The standard InChI is InChI=1S/C33H31N2OS.C5H8O2.Ir/c1-19-11-12-25-24-9-8-10-26(30(24)36-31(25)35-19)27-15-21-16-28(37-29(21)18-34-27)20-13-22(32(2,3)4)17-23(14-20)33(5,6)7;1-4(6)3-5(2)7;/h8-9,11-18H,1-7H3;3,6H,1-2H3;/q-1;;/b;4-3-;. The quantitative estimate of drug-likeness (QED) is 0.110. The van der Waals surface area contributed by atoms with Crippen molar-refractivity contribution in [1.29, 1.82) is 0 Å². The largest absolute Gasteiger partial charge is 0.512 e. The minimum atomic E-state index is -0.125. The summed E-state index contributed by atoms with van der Waals surface area (Å²) in [5.74, 6) is -0.0625. The molecule has 2 aromatic carbocycles. The Morgan fingerprint density at radius 1 is 0.933 bits per heavy atom. The zero-order chi connectivity index (χ0) is 32.0. The summed E-state index contributed by atoms with van der Waals surface area (Å²) in [6, 6.07) is 23.0. The molecule has 4 aromatic heterocycles. The molecule has 6 aromatic rings. The molecule has 0 unspecified atom stereocenters. The SMILES string of the molecule is CC(=O)/C=C(/C)O.Cc1ccc2c(n1)oc1c(-c3cc4cc(-c5cc(C(C)(C)C)cc(C(C)(C)C)c5)sc4cn3)[c-]ccc12.[Ir]. The minimum absolute atomic E-state index is 0. The molecule has 0 atom stereocenters. The smallest absolute Gasteiger partial charge is 0.216 e. The number of nitrogens with zero attached hydrogens (tertiary/aromatic N) is 2. The Balaban J connectivity index is 0.000000519. The Morgan fingerprint density at radius 3 is 2.18 bits per heavy atom. The van der Waals surface area contributed by atoms with E-state index < -0.39 is 0 Å². The zero-order valence-electron chi connectivity index (χ0n) is 27.3. The second-order valence-electron chi connectivity index (χ2n) is 13.4. The van der Waals surface area contributed by atoms with Gasteiger partial charge in [-0.15, -0.1) is 29.5 Å². The van der Waals surface area contributed by atoms with Crippen LogP contribution in [0.5, 0.6) is 0 Å². The normalized spacial score (nSPS) is 12.2. The minimum Gasteiger partial charge on any atom is -0.512 e. The molecule has 0 bridgehead atoms. The molecule has 0 amide bonds. The number of allylic oxidation sites excluding steroid dienone is 2. The molecule has 4 heterocycles. The van der Waals surface area contributed by atoms with Gasteiger partial charge in [-0.05, 0) is 89.7 Å². The van der Waals surface area contributed by atoms with Gasteiger partial charge in [-0.3, -0.25) is 4.79 Å². The van der Waals surface area contributed by atoms with E-state index in [1.54, 1.807) is 11.3 Å². The van der Waals surface area contributed by atoms with Crippen molar-refractivity contribution in [2.45, 2.75) is 73.1 Å². The van der Waals surface area contributed by atoms with E-state index in [1.807, 2.05) is 31.3 Å². The van der Waals surface area contributed by atoms with Crippen LogP contribution in [0.3, 0.4) is 0 Å². The summed E-state index contributed by atoms with van der Waals surface area (Å²) < 4.78 is 7.39. The summed E-state index contributed by atoms with van der Waals surface area (Å²) in [6.45, 7) is 18.5. The van der Waals surface area contributed by atoms with Gasteiger partial charge < -0.3 is 14.5 Å². The third-order valence-electron chi connectivity index (χ3n) is 7.46. The van der Waals surface area contributed by atoms with Crippen LogP contribution in [0.2, 0.25) is 0 Å². The molecule has 235 valence electrons. The average Bonchev–Trinajstić information content (AvgIpc) is 3.52. The molecule has 45 heavy (non-hydrogen) atoms. The Hall–Kier alpha value is -3.64. The predicted octanol–water partition coefficient (Wildman–Crippen LogP) is 10.7. The number of aryl methyl sites for hydroxylation is 1. The fraction of sp³-hybridized carbons (Fsp3) is 0.289. The van der Waals surface area contributed by atoms with Gasteiger partial charge in [-0.1, -0.05) is 64.6 Å². The Morgan fingerprint density at radius 2 is 1.60 bits per heavy atom. The van der Waals surface area contributed by atoms with Gasteiger partial charge in [0.1, 0.15) is 0 Å². The van der Waals surface area contributed by atoms with Crippen molar-refractivity contribution < 1.29 is 34.4 Å². The van der Waals surface area contributed by atoms with E-state index >= 15 is 0 Å². The summed E-state index contributed by atoms with van der Waals surface area (Å²) in [7, 11) is 0. The molecule has 5 nitrogen and oxygen atoms in total. The first-order chi connectivity index (χ1) is 20.6. The van der Waals surface area contributed by atoms with Gasteiger partial charge in [-0.25, -0.2) is 4.98 Å². The summed E-state index contributed by atoms with van der Waals surface area (Å²) in [5, 5.41) is 11.6. The van der Waals surface area contributed by atoms with Crippen LogP contribution in [0.4, 0.5) is 0 Å². The van der Waals surface area contributed by atoms with Crippen molar-refractivity contribution in [3.8, 4) is 21.7 Å². The predicted molar refractivity (Wildman–Crippen MR) is 184 cm³/mol. The van der Waals surface area contributed by atoms with E-state index in [2.05, 4.69) is 89.0 Å². The van der Waals surface area contributed by atoms with Crippen molar-refractivity contribution in [2.24, 2.45) is 0 Å². The van der Waals surface area contributed by atoms with Gasteiger partial charge in [0.2, 0.25) is 5.71 Å². The Labute approximate surface area is 282 Å². The van der Waals surface area contributed by atoms with Gasteiger partial charge in [0.25, 0.3) is 0 Å². The van der Waals surface area contributed by atoms with E-state index in [0.717, 1.165) is 33.3 Å². The van der Waals surface area contributed by atoms with E-state index in [9.17, 15) is 4.79 Å². The first kappa shape index (κ1) is 34.2. The molecule has 0 saturated heterocycles. The number of carbonyl (C=O) groups is 1. The maximum Gasteiger partial charge on any atom is 0.216 e. The molecule has 7 heteroatoms. The topological polar surface area (TPSA) is 76.2 Å².